The molecule has 7 heteroatoms. The molecule has 0 aromatic heterocycles. The summed E-state index contributed by atoms with van der Waals surface area (Å²) in [6.07, 6.45) is 3.07. The van der Waals surface area contributed by atoms with Gasteiger partial charge in [0.1, 0.15) is 0 Å². The summed E-state index contributed by atoms with van der Waals surface area (Å²) in [5.41, 5.74) is 0. The van der Waals surface area contributed by atoms with Gasteiger partial charge in [-0.05, 0) is 0 Å². The van der Waals surface area contributed by atoms with Crippen molar-refractivity contribution in [3.05, 3.63) is 12.2 Å². The molecular formula is C10H12N2O5. The molecule has 0 spiro atoms. The summed E-state index contributed by atoms with van der Waals surface area (Å²) in [5.74, 6) is -0.977. The third kappa shape index (κ3) is 2.97. The van der Waals surface area contributed by atoms with Gasteiger partial charge in [-0.1, -0.05) is 0 Å². The second-order valence-corrected chi connectivity index (χ2v) is 3.33. The molecule has 0 N–H and O–H groups in total. The van der Waals surface area contributed by atoms with Gasteiger partial charge < -0.3 is 0 Å². The quantitative estimate of drug-likeness (QED) is 0.562. The van der Waals surface area contributed by atoms with Gasteiger partial charge in [-0.15, -0.1) is 0 Å². The Labute approximate surface area is 97.6 Å². The normalized spacial score (nSPS) is 18.9. The Morgan fingerprint density at radius 2 is 1.41 bits per heavy atom. The van der Waals surface area contributed by atoms with Crippen LogP contribution in [0.5, 0.6) is 0 Å². The third-order valence-corrected chi connectivity index (χ3v) is 2.22. The molecule has 1 saturated heterocycles. The maximum absolute atomic E-state index is 10.6. The number of hydroxylamine groups is 2. The van der Waals surface area contributed by atoms with Crippen molar-refractivity contribution in [1.82, 2.24) is 9.96 Å². The molecule has 1 fully saturated rings. The topological polar surface area (TPSA) is 84.0 Å². The summed E-state index contributed by atoms with van der Waals surface area (Å²) in [6, 6.07) is 0. The summed E-state index contributed by atoms with van der Waals surface area (Å²) >= 11 is 0. The van der Waals surface area contributed by atoms with E-state index in [9.17, 15) is 19.2 Å². The molecule has 2 aliphatic heterocycles. The average molecular weight is 240 g/mol. The van der Waals surface area contributed by atoms with Gasteiger partial charge >= 0.3 is 0 Å². The number of rotatable bonds is 1. The fourth-order valence-corrected chi connectivity index (χ4v) is 1.23. The first kappa shape index (κ1) is 13.0. The van der Waals surface area contributed by atoms with Crippen LogP contribution in [0.4, 0.5) is 0 Å². The molecule has 0 aromatic rings. The van der Waals surface area contributed by atoms with Gasteiger partial charge in [0.2, 0.25) is 0 Å². The smallest absolute Gasteiger partial charge is 0.253 e. The van der Waals surface area contributed by atoms with Crippen LogP contribution in [0.15, 0.2) is 12.2 Å². The molecule has 2 rings (SSSR count). The van der Waals surface area contributed by atoms with E-state index in [0.717, 1.165) is 9.96 Å². The molecule has 2 heterocycles. The van der Waals surface area contributed by atoms with Crippen LogP contribution in [0.2, 0.25) is 0 Å². The van der Waals surface area contributed by atoms with Gasteiger partial charge in [0.15, 0.2) is 0 Å². The van der Waals surface area contributed by atoms with E-state index in [-0.39, 0.29) is 36.5 Å². The lowest BCUT2D eigenvalue weighted by Crippen LogP contribution is -2.27. The van der Waals surface area contributed by atoms with E-state index in [1.807, 2.05) is 0 Å². The standard InChI is InChI=1S/C5H7NO3.C5H5NO2/c1-9-6-4(7)2-3-5(6)8;1-6-4(7)2-3-5(6)8/h2-3H2,1H3;2-3H,1H3. The third-order valence-electron chi connectivity index (χ3n) is 2.22. The molecule has 0 bridgehead atoms. The number of nitrogens with zero attached hydrogens (tertiary/aromatic N) is 2. The van der Waals surface area contributed by atoms with Crippen molar-refractivity contribution in [1.29, 1.82) is 0 Å². The highest BCUT2D eigenvalue weighted by Crippen LogP contribution is 2.10. The first-order chi connectivity index (χ1) is 7.97. The van der Waals surface area contributed by atoms with Crippen molar-refractivity contribution < 1.29 is 24.0 Å². The summed E-state index contributed by atoms with van der Waals surface area (Å²) in [7, 11) is 2.76. The second-order valence-electron chi connectivity index (χ2n) is 3.33. The zero-order chi connectivity index (χ0) is 13.0. The summed E-state index contributed by atoms with van der Waals surface area (Å²) in [4.78, 5) is 47.5. The number of hydrogen-bond donors (Lipinski definition) is 0. The van der Waals surface area contributed by atoms with E-state index in [1.54, 1.807) is 0 Å². The van der Waals surface area contributed by atoms with Gasteiger partial charge in [-0.2, -0.15) is 5.06 Å². The van der Waals surface area contributed by atoms with Crippen LogP contribution in [-0.2, 0) is 24.0 Å². The lowest BCUT2D eigenvalue weighted by atomic mass is 10.4. The number of carbonyl (C=O) groups is 4. The highest BCUT2D eigenvalue weighted by molar-refractivity contribution is 6.12. The zero-order valence-electron chi connectivity index (χ0n) is 9.50. The highest BCUT2D eigenvalue weighted by Gasteiger charge is 2.28. The molecule has 0 aliphatic carbocycles. The molecule has 0 aromatic carbocycles. The minimum atomic E-state index is -0.248. The number of carbonyl (C=O) groups excluding carboxylic acids is 4. The van der Waals surface area contributed by atoms with Crippen molar-refractivity contribution in [2.24, 2.45) is 0 Å². The molecule has 2 aliphatic rings. The fraction of sp³-hybridized carbons (Fsp3) is 0.400. The molecule has 7 nitrogen and oxygen atoms in total. The Bertz CT molecular complexity index is 368. The van der Waals surface area contributed by atoms with Gasteiger partial charge in [0, 0.05) is 32.0 Å². The predicted octanol–water partition coefficient (Wildman–Crippen LogP) is -0.762. The largest absolute Gasteiger partial charge is 0.279 e. The lowest BCUT2D eigenvalue weighted by Gasteiger charge is -2.07. The molecule has 0 unspecified atom stereocenters. The SMILES string of the molecule is CN1C(=O)C=CC1=O.CON1C(=O)CCC1=O. The lowest BCUT2D eigenvalue weighted by molar-refractivity contribution is -0.179. The minimum Gasteiger partial charge on any atom is -0.279 e. The number of likely N-dealkylation sites (N-methyl/N-ethyl adjacent to an activating group) is 1. The van der Waals surface area contributed by atoms with Crippen LogP contribution < -0.4 is 0 Å². The molecule has 0 radical (unpaired) electrons. The van der Waals surface area contributed by atoms with Gasteiger partial charge in [0.05, 0.1) is 7.11 Å². The average Bonchev–Trinajstić information content (AvgIpc) is 2.77. The predicted molar refractivity (Wildman–Crippen MR) is 55.0 cm³/mol. The highest BCUT2D eigenvalue weighted by atomic mass is 16.7. The van der Waals surface area contributed by atoms with Gasteiger partial charge in [0.25, 0.3) is 23.6 Å². The van der Waals surface area contributed by atoms with Crippen LogP contribution in [0, 0.1) is 0 Å². The summed E-state index contributed by atoms with van der Waals surface area (Å²) < 4.78 is 0. The monoisotopic (exact) mass is 240 g/mol. The van der Waals surface area contributed by atoms with Crippen LogP contribution in [-0.4, -0.2) is 47.7 Å². The Hall–Kier alpha value is -2.02. The minimum absolute atomic E-state index is 0.241. The van der Waals surface area contributed by atoms with E-state index < -0.39 is 0 Å². The Balaban J connectivity index is 0.000000171. The Kier molecular flexibility index (Phi) is 4.11. The molecule has 0 saturated carbocycles. The zero-order valence-corrected chi connectivity index (χ0v) is 9.50. The number of imide groups is 2. The molecular weight excluding hydrogens is 228 g/mol. The fourth-order valence-electron chi connectivity index (χ4n) is 1.23. The van der Waals surface area contributed by atoms with Gasteiger partial charge in [-0.3, -0.25) is 28.9 Å². The van der Waals surface area contributed by atoms with Crippen LogP contribution in [0.1, 0.15) is 12.8 Å². The van der Waals surface area contributed by atoms with Crippen LogP contribution >= 0.6 is 0 Å². The van der Waals surface area contributed by atoms with Crippen molar-refractivity contribution in [2.75, 3.05) is 14.2 Å². The number of hydrogen-bond acceptors (Lipinski definition) is 5. The maximum atomic E-state index is 10.6. The number of amides is 4. The molecule has 4 amide bonds. The Morgan fingerprint density at radius 3 is 1.59 bits per heavy atom. The van der Waals surface area contributed by atoms with Crippen LogP contribution in [0.3, 0.4) is 0 Å². The summed E-state index contributed by atoms with van der Waals surface area (Å²) in [6.45, 7) is 0. The van der Waals surface area contributed by atoms with Gasteiger partial charge in [-0.25, -0.2) is 0 Å². The molecule has 92 valence electrons. The van der Waals surface area contributed by atoms with E-state index in [4.69, 9.17) is 0 Å². The Morgan fingerprint density at radius 1 is 1.00 bits per heavy atom. The van der Waals surface area contributed by atoms with E-state index in [1.165, 1.54) is 26.3 Å². The van der Waals surface area contributed by atoms with Crippen LogP contribution in [0.25, 0.3) is 0 Å². The van der Waals surface area contributed by atoms with Crippen molar-refractivity contribution >= 4 is 23.6 Å². The first-order valence-electron chi connectivity index (χ1n) is 4.87. The second kappa shape index (κ2) is 5.35. The van der Waals surface area contributed by atoms with E-state index >= 15 is 0 Å². The van der Waals surface area contributed by atoms with E-state index in [0.29, 0.717) is 0 Å². The molecule has 17 heavy (non-hydrogen) atoms. The van der Waals surface area contributed by atoms with Crippen molar-refractivity contribution in [2.45, 2.75) is 12.8 Å². The van der Waals surface area contributed by atoms with Crippen molar-refractivity contribution in [3.63, 3.8) is 0 Å². The molecule has 0 atom stereocenters. The van der Waals surface area contributed by atoms with E-state index in [2.05, 4.69) is 4.84 Å². The van der Waals surface area contributed by atoms with Crippen molar-refractivity contribution in [3.8, 4) is 0 Å². The summed E-state index contributed by atoms with van der Waals surface area (Å²) in [5, 5.41) is 0.792. The first-order valence-corrected chi connectivity index (χ1v) is 4.87. The maximum Gasteiger partial charge on any atom is 0.253 e.